The monoisotopic (exact) mass is 277 g/mol. The Bertz CT molecular complexity index is 630. The molecule has 5 nitrogen and oxygen atoms in total. The molecule has 0 amide bonds. The maximum Gasteiger partial charge on any atom is 1.00 e. The summed E-state index contributed by atoms with van der Waals surface area (Å²) in [5.41, 5.74) is 0.127. The molecule has 0 saturated heterocycles. The molecular formula is C10H6KO5S+. The molecule has 0 unspecified atom stereocenters. The molecule has 0 spiro atoms. The second kappa shape index (κ2) is 5.23. The Morgan fingerprint density at radius 3 is 2.06 bits per heavy atom. The van der Waals surface area contributed by atoms with Crippen molar-refractivity contribution in [3.63, 3.8) is 0 Å². The van der Waals surface area contributed by atoms with Gasteiger partial charge in [-0.2, -0.15) is 8.42 Å². The number of hydrogen-bond donors (Lipinski definition) is 1. The minimum atomic E-state index is -4.66. The van der Waals surface area contributed by atoms with Crippen molar-refractivity contribution in [2.45, 2.75) is 0 Å². The van der Waals surface area contributed by atoms with E-state index in [0.29, 0.717) is 6.08 Å². The molecule has 2 rings (SSSR count). The topological polar surface area (TPSA) is 88.5 Å². The van der Waals surface area contributed by atoms with Gasteiger partial charge >= 0.3 is 51.4 Å². The molecule has 0 fully saturated rings. The van der Waals surface area contributed by atoms with Gasteiger partial charge in [0.1, 0.15) is 4.91 Å². The first-order valence-corrected chi connectivity index (χ1v) is 5.72. The molecule has 7 heteroatoms. The van der Waals surface area contributed by atoms with Crippen LogP contribution in [0.4, 0.5) is 0 Å². The zero-order valence-electron chi connectivity index (χ0n) is 8.88. The van der Waals surface area contributed by atoms with Gasteiger partial charge in [-0.05, 0) is 0 Å². The summed E-state index contributed by atoms with van der Waals surface area (Å²) < 4.78 is 30.5. The van der Waals surface area contributed by atoms with Crippen LogP contribution in [0.5, 0.6) is 0 Å². The molecule has 17 heavy (non-hydrogen) atoms. The maximum absolute atomic E-state index is 11.6. The predicted molar refractivity (Wildman–Crippen MR) is 54.7 cm³/mol. The quantitative estimate of drug-likeness (QED) is 0.467. The molecule has 1 aliphatic carbocycles. The maximum atomic E-state index is 11.6. The van der Waals surface area contributed by atoms with Crippen LogP contribution in [0.15, 0.2) is 35.2 Å². The molecule has 0 atom stereocenters. The van der Waals surface area contributed by atoms with Crippen molar-refractivity contribution in [2.75, 3.05) is 0 Å². The summed E-state index contributed by atoms with van der Waals surface area (Å²) in [7, 11) is -4.66. The Kier molecular flexibility index (Phi) is 4.58. The minimum absolute atomic E-state index is 0. The summed E-state index contributed by atoms with van der Waals surface area (Å²) in [4.78, 5) is 22.3. The van der Waals surface area contributed by atoms with Gasteiger partial charge in [0.15, 0.2) is 5.78 Å². The van der Waals surface area contributed by atoms with Gasteiger partial charge in [0, 0.05) is 17.2 Å². The van der Waals surface area contributed by atoms with Crippen molar-refractivity contribution < 1.29 is 73.9 Å². The fraction of sp³-hybridized carbons (Fsp3) is 0. The second-order valence-corrected chi connectivity index (χ2v) is 4.61. The Morgan fingerprint density at radius 1 is 1.00 bits per heavy atom. The zero-order valence-corrected chi connectivity index (χ0v) is 12.8. The van der Waals surface area contributed by atoms with Gasteiger partial charge < -0.3 is 0 Å². The average Bonchev–Trinajstić information content (AvgIpc) is 2.22. The van der Waals surface area contributed by atoms with Crippen molar-refractivity contribution >= 4 is 21.7 Å². The Balaban J connectivity index is 0.00000144. The fourth-order valence-electron chi connectivity index (χ4n) is 1.48. The molecular weight excluding hydrogens is 271 g/mol. The average molecular weight is 277 g/mol. The summed E-state index contributed by atoms with van der Waals surface area (Å²) in [5, 5.41) is 0. The van der Waals surface area contributed by atoms with Gasteiger partial charge in [-0.1, -0.05) is 24.3 Å². The van der Waals surface area contributed by atoms with Crippen LogP contribution in [0.1, 0.15) is 20.7 Å². The molecule has 1 aliphatic rings. The van der Waals surface area contributed by atoms with E-state index in [0.717, 1.165) is 0 Å². The van der Waals surface area contributed by atoms with E-state index in [9.17, 15) is 18.0 Å². The number of carbonyl (C=O) groups excluding carboxylic acids is 2. The van der Waals surface area contributed by atoms with Gasteiger partial charge in [0.2, 0.25) is 5.78 Å². The van der Waals surface area contributed by atoms with Crippen LogP contribution >= 0.6 is 0 Å². The Hall–Kier alpha value is -0.154. The van der Waals surface area contributed by atoms with E-state index < -0.39 is 26.6 Å². The molecule has 1 N–H and O–H groups in total. The van der Waals surface area contributed by atoms with E-state index in [4.69, 9.17) is 4.55 Å². The number of allylic oxidation sites excluding steroid dienone is 2. The first-order chi connectivity index (χ1) is 7.41. The van der Waals surface area contributed by atoms with E-state index in [1.807, 2.05) is 0 Å². The number of rotatable bonds is 1. The molecule has 0 aromatic heterocycles. The first-order valence-electron chi connectivity index (χ1n) is 4.28. The summed E-state index contributed by atoms with van der Waals surface area (Å²) in [5.74, 6) is -1.47. The van der Waals surface area contributed by atoms with Crippen LogP contribution in [-0.2, 0) is 10.1 Å². The van der Waals surface area contributed by atoms with Crippen LogP contribution in [0.3, 0.4) is 0 Å². The zero-order chi connectivity index (χ0) is 11.9. The summed E-state index contributed by atoms with van der Waals surface area (Å²) in [6, 6.07) is 5.84. The van der Waals surface area contributed by atoms with Crippen molar-refractivity contribution in [1.29, 1.82) is 0 Å². The molecule has 0 aliphatic heterocycles. The van der Waals surface area contributed by atoms with Gasteiger partial charge in [-0.3, -0.25) is 14.1 Å². The number of Topliss-reactive ketones (excluding diaryl/α,β-unsaturated/α-hetero) is 1. The van der Waals surface area contributed by atoms with Crippen molar-refractivity contribution in [3.05, 3.63) is 46.4 Å². The molecule has 0 heterocycles. The van der Waals surface area contributed by atoms with Crippen LogP contribution in [0.25, 0.3) is 0 Å². The van der Waals surface area contributed by atoms with Crippen LogP contribution in [0, 0.1) is 0 Å². The van der Waals surface area contributed by atoms with Crippen LogP contribution in [-0.4, -0.2) is 24.5 Å². The number of fused-ring (bicyclic) bond motifs is 1. The molecule has 1 aromatic carbocycles. The molecule has 0 radical (unpaired) electrons. The minimum Gasteiger partial charge on any atom is -0.289 e. The number of carbonyl (C=O) groups is 2. The van der Waals surface area contributed by atoms with Crippen molar-refractivity contribution in [2.24, 2.45) is 0 Å². The third-order valence-electron chi connectivity index (χ3n) is 2.20. The standard InChI is InChI=1S/C10H6O5S.K/c11-8-5-9(16(13,14)15)10(12)7-4-2-1-3-6(7)8;/h1-5H,(H,13,14,15);/q;+1. The smallest absolute Gasteiger partial charge is 0.289 e. The fourth-order valence-corrected chi connectivity index (χ4v) is 2.08. The van der Waals surface area contributed by atoms with Gasteiger partial charge in [-0.15, -0.1) is 0 Å². The Morgan fingerprint density at radius 2 is 1.53 bits per heavy atom. The van der Waals surface area contributed by atoms with Gasteiger partial charge in [0.05, 0.1) is 0 Å². The number of hydrogen-bond acceptors (Lipinski definition) is 4. The second-order valence-electron chi connectivity index (χ2n) is 3.22. The number of benzene rings is 1. The summed E-state index contributed by atoms with van der Waals surface area (Å²) in [6.07, 6.45) is 0.639. The summed E-state index contributed by atoms with van der Waals surface area (Å²) in [6.45, 7) is 0. The molecule has 82 valence electrons. The SMILES string of the molecule is O=C1C=C(S(=O)(=O)O)C(=O)c2ccccc21.[K+]. The van der Waals surface area contributed by atoms with E-state index in [-0.39, 0.29) is 62.5 Å². The third-order valence-corrected chi connectivity index (χ3v) is 3.06. The van der Waals surface area contributed by atoms with Gasteiger partial charge in [0.25, 0.3) is 10.1 Å². The predicted octanol–water partition coefficient (Wildman–Crippen LogP) is -2.16. The molecule has 1 aromatic rings. The van der Waals surface area contributed by atoms with E-state index in [1.54, 1.807) is 6.07 Å². The van der Waals surface area contributed by atoms with Crippen molar-refractivity contribution in [3.8, 4) is 0 Å². The van der Waals surface area contributed by atoms with E-state index in [1.165, 1.54) is 18.2 Å². The Labute approximate surface area is 140 Å². The number of ketones is 2. The van der Waals surface area contributed by atoms with E-state index in [2.05, 4.69) is 0 Å². The third kappa shape index (κ3) is 2.82. The largest absolute Gasteiger partial charge is 1.00 e. The van der Waals surface area contributed by atoms with Gasteiger partial charge in [-0.25, -0.2) is 0 Å². The summed E-state index contributed by atoms with van der Waals surface area (Å²) >= 11 is 0. The van der Waals surface area contributed by atoms with Crippen LogP contribution < -0.4 is 51.4 Å². The van der Waals surface area contributed by atoms with Crippen molar-refractivity contribution in [1.82, 2.24) is 0 Å². The molecule has 0 saturated carbocycles. The van der Waals surface area contributed by atoms with Crippen LogP contribution in [0.2, 0.25) is 0 Å². The molecule has 0 bridgehead atoms. The normalized spacial score (nSPS) is 14.8. The first kappa shape index (κ1) is 14.9. The van der Waals surface area contributed by atoms with E-state index >= 15 is 0 Å².